The van der Waals surface area contributed by atoms with Crippen molar-refractivity contribution in [3.8, 4) is 0 Å². The number of hydrogen-bond acceptors (Lipinski definition) is 13. The molecule has 0 amide bonds. The van der Waals surface area contributed by atoms with E-state index in [1.165, 1.54) is 0 Å². The third-order valence-corrected chi connectivity index (χ3v) is 17.3. The van der Waals surface area contributed by atoms with Gasteiger partial charge in [-0.1, -0.05) is 48.5 Å². The van der Waals surface area contributed by atoms with Crippen LogP contribution in [0.3, 0.4) is 0 Å². The second-order valence-corrected chi connectivity index (χ2v) is 20.5. The Morgan fingerprint density at radius 1 is 0.800 bits per heavy atom. The molecule has 3 saturated heterocycles. The van der Waals surface area contributed by atoms with Crippen LogP contribution in [-0.4, -0.2) is 130 Å². The molecule has 3 aliphatic heterocycles. The molecule has 13 nitrogen and oxygen atoms in total. The summed E-state index contributed by atoms with van der Waals surface area (Å²) < 4.78 is 37.3. The second kappa shape index (κ2) is 13.6. The van der Waals surface area contributed by atoms with Crippen molar-refractivity contribution in [3.05, 3.63) is 0 Å². The number of carbonyl (C=O) groups is 1. The average molecular weight is 781 g/mol. The molecule has 5 aliphatic carbocycles. The molecule has 13 heteroatoms. The van der Waals surface area contributed by atoms with E-state index in [4.69, 9.17) is 28.4 Å². The fourth-order valence-corrected chi connectivity index (χ4v) is 14.9. The standard InChI is InChI=1S/C42H68O13/c1-9-52-42(34(49)20(2)3)15-21(4)28-25(55-42)16-39(8)26-14-22(43)33-37(5,6)27(10-11-41(33)19-40(26,41)13-12-38(28,39)7)53-36-32(30(47)24(45)18-51-36)54-35-31(48)29(46)23(44)17-50-35/h20-33,35-36,43-48H,9-19H2,1-8H3. The summed E-state index contributed by atoms with van der Waals surface area (Å²) in [6.07, 6.45) is -4.99. The van der Waals surface area contributed by atoms with Gasteiger partial charge in [0.15, 0.2) is 18.4 Å². The lowest BCUT2D eigenvalue weighted by Crippen LogP contribution is -2.64. The van der Waals surface area contributed by atoms with Gasteiger partial charge in [0.25, 0.3) is 0 Å². The van der Waals surface area contributed by atoms with Gasteiger partial charge in [0, 0.05) is 18.9 Å². The number of fused-ring (bicyclic) bond motifs is 4. The predicted molar refractivity (Wildman–Crippen MR) is 196 cm³/mol. The van der Waals surface area contributed by atoms with Gasteiger partial charge in [-0.05, 0) is 103 Å². The van der Waals surface area contributed by atoms with E-state index in [9.17, 15) is 35.4 Å². The predicted octanol–water partition coefficient (Wildman–Crippen LogP) is 2.68. The zero-order chi connectivity index (χ0) is 39.8. The van der Waals surface area contributed by atoms with E-state index in [2.05, 4.69) is 34.6 Å². The molecule has 0 aromatic carbocycles. The third-order valence-electron chi connectivity index (χ3n) is 17.3. The highest BCUT2D eigenvalue weighted by molar-refractivity contribution is 5.87. The van der Waals surface area contributed by atoms with Gasteiger partial charge in [-0.2, -0.15) is 0 Å². The Bertz CT molecular complexity index is 1480. The first-order chi connectivity index (χ1) is 25.7. The molecule has 8 aliphatic rings. The SMILES string of the molecule is CCOC1(C(=O)C(C)C)CC(C)C2C(CC3(C)C4CC(O)C5C(C)(C)C(OC6OCC(O)C(O)C6OC6OCC(O)C(O)C6O)CCC56CC46CCC23C)O1. The number of hydrogen-bond donors (Lipinski definition) is 6. The number of ketones is 1. The van der Waals surface area contributed by atoms with Crippen molar-refractivity contribution in [2.45, 2.75) is 180 Å². The molecular formula is C42H68O13. The van der Waals surface area contributed by atoms with E-state index < -0.39 is 66.5 Å². The molecule has 0 aromatic heterocycles. The summed E-state index contributed by atoms with van der Waals surface area (Å²) in [6.45, 7) is 17.3. The van der Waals surface area contributed by atoms with E-state index >= 15 is 0 Å². The van der Waals surface area contributed by atoms with Crippen molar-refractivity contribution in [2.75, 3.05) is 19.8 Å². The summed E-state index contributed by atoms with van der Waals surface area (Å²) >= 11 is 0. The molecule has 8 fully saturated rings. The van der Waals surface area contributed by atoms with Gasteiger partial charge < -0.3 is 59.1 Å². The molecule has 8 rings (SSSR count). The zero-order valence-electron chi connectivity index (χ0n) is 34.1. The van der Waals surface area contributed by atoms with Gasteiger partial charge >= 0.3 is 0 Å². The minimum atomic E-state index is -1.59. The number of rotatable bonds is 8. The normalized spacial score (nSPS) is 56.8. The van der Waals surface area contributed by atoms with E-state index in [-0.39, 0.29) is 70.6 Å². The maximum Gasteiger partial charge on any atom is 0.229 e. The summed E-state index contributed by atoms with van der Waals surface area (Å²) in [7, 11) is 0. The maximum atomic E-state index is 13.7. The number of aliphatic hydroxyl groups excluding tert-OH is 6. The molecule has 0 radical (unpaired) electrons. The fraction of sp³-hybridized carbons (Fsp3) is 0.976. The van der Waals surface area contributed by atoms with Gasteiger partial charge in [-0.15, -0.1) is 0 Å². The molecule has 314 valence electrons. The van der Waals surface area contributed by atoms with E-state index in [0.717, 1.165) is 32.1 Å². The number of ether oxygens (including phenoxy) is 6. The van der Waals surface area contributed by atoms with Crippen molar-refractivity contribution in [3.63, 3.8) is 0 Å². The van der Waals surface area contributed by atoms with Gasteiger partial charge in [0.2, 0.25) is 5.79 Å². The van der Waals surface area contributed by atoms with Crippen LogP contribution in [0.5, 0.6) is 0 Å². The highest BCUT2D eigenvalue weighted by Crippen LogP contribution is 2.89. The Labute approximate surface area is 325 Å². The van der Waals surface area contributed by atoms with Crippen molar-refractivity contribution >= 4 is 5.78 Å². The van der Waals surface area contributed by atoms with Crippen LogP contribution >= 0.6 is 0 Å². The van der Waals surface area contributed by atoms with Crippen LogP contribution in [0, 0.1) is 56.7 Å². The Morgan fingerprint density at radius 2 is 1.47 bits per heavy atom. The minimum Gasteiger partial charge on any atom is -0.393 e. The van der Waals surface area contributed by atoms with Gasteiger partial charge in [0.05, 0.1) is 31.5 Å². The number of Topliss-reactive ketones (excluding diaryl/α,β-unsaturated/α-hetero) is 1. The molecule has 0 aromatic rings. The molecule has 55 heavy (non-hydrogen) atoms. The largest absolute Gasteiger partial charge is 0.393 e. The lowest BCUT2D eigenvalue weighted by Gasteiger charge is -2.64. The molecule has 3 heterocycles. The smallest absolute Gasteiger partial charge is 0.229 e. The first-order valence-electron chi connectivity index (χ1n) is 21.2. The third kappa shape index (κ3) is 5.64. The highest BCUT2D eigenvalue weighted by atomic mass is 16.8. The lowest BCUT2D eigenvalue weighted by atomic mass is 9.41. The van der Waals surface area contributed by atoms with Crippen LogP contribution in [-0.2, 0) is 33.2 Å². The lowest BCUT2D eigenvalue weighted by molar-refractivity contribution is -0.356. The van der Waals surface area contributed by atoms with E-state index in [1.807, 2.05) is 20.8 Å². The summed E-state index contributed by atoms with van der Waals surface area (Å²) in [5.41, 5.74) is -0.581. The summed E-state index contributed by atoms with van der Waals surface area (Å²) in [6, 6.07) is 0. The van der Waals surface area contributed by atoms with Crippen LogP contribution < -0.4 is 0 Å². The number of carbonyl (C=O) groups excluding carboxylic acids is 1. The highest BCUT2D eigenvalue weighted by Gasteiger charge is 2.85. The van der Waals surface area contributed by atoms with Crippen LogP contribution in [0.4, 0.5) is 0 Å². The fourth-order valence-electron chi connectivity index (χ4n) is 14.9. The number of aliphatic hydroxyl groups is 6. The molecule has 2 spiro atoms. The molecule has 5 saturated carbocycles. The monoisotopic (exact) mass is 780 g/mol. The van der Waals surface area contributed by atoms with Crippen molar-refractivity contribution in [1.82, 2.24) is 0 Å². The average Bonchev–Trinajstić information content (AvgIpc) is 3.70. The first kappa shape index (κ1) is 40.9. The molecule has 0 bridgehead atoms. The summed E-state index contributed by atoms with van der Waals surface area (Å²) in [5, 5.41) is 64.8. The van der Waals surface area contributed by atoms with E-state index in [0.29, 0.717) is 37.7 Å². The Hall–Kier alpha value is -0.810. The Morgan fingerprint density at radius 3 is 2.15 bits per heavy atom. The van der Waals surface area contributed by atoms with Crippen molar-refractivity contribution in [1.29, 1.82) is 0 Å². The van der Waals surface area contributed by atoms with Crippen LogP contribution in [0.25, 0.3) is 0 Å². The zero-order valence-corrected chi connectivity index (χ0v) is 34.1. The van der Waals surface area contributed by atoms with Crippen molar-refractivity contribution in [2.24, 2.45) is 56.7 Å². The van der Waals surface area contributed by atoms with Crippen LogP contribution in [0.2, 0.25) is 0 Å². The first-order valence-corrected chi connectivity index (χ1v) is 21.2. The van der Waals surface area contributed by atoms with Crippen LogP contribution in [0.15, 0.2) is 0 Å². The maximum absolute atomic E-state index is 13.7. The van der Waals surface area contributed by atoms with E-state index in [1.54, 1.807) is 0 Å². The van der Waals surface area contributed by atoms with Crippen LogP contribution in [0.1, 0.15) is 107 Å². The molecule has 6 N–H and O–H groups in total. The Kier molecular flexibility index (Phi) is 10.1. The quantitative estimate of drug-likeness (QED) is 0.197. The van der Waals surface area contributed by atoms with Gasteiger partial charge in [0.1, 0.15) is 36.6 Å². The summed E-state index contributed by atoms with van der Waals surface area (Å²) in [5.74, 6) is -0.593. The Balaban J connectivity index is 1.03. The second-order valence-electron chi connectivity index (χ2n) is 20.5. The van der Waals surface area contributed by atoms with Crippen molar-refractivity contribution < 1.29 is 63.9 Å². The minimum absolute atomic E-state index is 0.0130. The molecule has 20 unspecified atom stereocenters. The summed E-state index contributed by atoms with van der Waals surface area (Å²) in [4.78, 5) is 13.7. The molecular weight excluding hydrogens is 712 g/mol. The van der Waals surface area contributed by atoms with Gasteiger partial charge in [-0.3, -0.25) is 4.79 Å². The topological polar surface area (TPSA) is 194 Å². The molecule has 20 atom stereocenters. The van der Waals surface area contributed by atoms with Gasteiger partial charge in [-0.25, -0.2) is 0 Å².